The Balaban J connectivity index is 1.41. The van der Waals surface area contributed by atoms with Crippen molar-refractivity contribution in [3.05, 3.63) is 47.5 Å². The molecule has 1 aliphatic rings. The molecule has 1 atom stereocenters. The highest BCUT2D eigenvalue weighted by Crippen LogP contribution is 2.24. The van der Waals surface area contributed by atoms with Crippen LogP contribution < -0.4 is 4.90 Å². The number of benzene rings is 2. The van der Waals surface area contributed by atoms with Crippen LogP contribution in [0.5, 0.6) is 0 Å². The molecule has 4 rings (SSSR count). The number of fused-ring (bicyclic) bond motifs is 1. The molecule has 0 radical (unpaired) electrons. The van der Waals surface area contributed by atoms with Gasteiger partial charge in [-0.1, -0.05) is 24.3 Å². The van der Waals surface area contributed by atoms with Gasteiger partial charge < -0.3 is 9.80 Å². The van der Waals surface area contributed by atoms with Gasteiger partial charge >= 0.3 is 0 Å². The van der Waals surface area contributed by atoms with Crippen molar-refractivity contribution < 1.29 is 13.2 Å². The number of nitrogens with zero attached hydrogens (tertiary/aromatic N) is 6. The van der Waals surface area contributed by atoms with E-state index in [-0.39, 0.29) is 23.4 Å². The molecule has 0 spiro atoms. The molecule has 2 aromatic carbocycles. The molecule has 1 aliphatic heterocycles. The van der Waals surface area contributed by atoms with Crippen LogP contribution in [-0.4, -0.2) is 78.3 Å². The first-order valence-electron chi connectivity index (χ1n) is 12.0. The summed E-state index contributed by atoms with van der Waals surface area (Å²) >= 11 is 0. The van der Waals surface area contributed by atoms with Crippen molar-refractivity contribution in [2.75, 3.05) is 44.7 Å². The molecule has 0 unspecified atom stereocenters. The molecule has 0 aliphatic carbocycles. The Morgan fingerprint density at radius 2 is 1.80 bits per heavy atom. The van der Waals surface area contributed by atoms with E-state index in [2.05, 4.69) is 54.2 Å². The van der Waals surface area contributed by atoms with Crippen molar-refractivity contribution >= 4 is 32.7 Å². The molecule has 2 heterocycles. The van der Waals surface area contributed by atoms with Gasteiger partial charge in [-0.05, 0) is 62.6 Å². The number of aryl methyl sites for hydroxylation is 2. The number of hydrogen-bond donors (Lipinski definition) is 0. The van der Waals surface area contributed by atoms with Gasteiger partial charge in [0.15, 0.2) is 0 Å². The standard InChI is InChI=1S/C25H34N6O3S/c1-6-20(4)31-23-10-9-21(16-22(23)26-27-31)35(33,34)28(5)17-25(32)30-13-11-29(12-14-30)24-15-18(2)7-8-19(24)3/h7-10,15-16,20H,6,11-14,17H2,1-5H3/t20-/m1/s1. The molecule has 9 nitrogen and oxygen atoms in total. The Morgan fingerprint density at radius 3 is 2.49 bits per heavy atom. The first kappa shape index (κ1) is 25.1. The third-order valence-corrected chi connectivity index (χ3v) is 8.65. The first-order chi connectivity index (χ1) is 16.6. The summed E-state index contributed by atoms with van der Waals surface area (Å²) in [5.74, 6) is -0.194. The second-order valence-electron chi connectivity index (χ2n) is 9.36. The predicted octanol–water partition coefficient (Wildman–Crippen LogP) is 2.99. The Kier molecular flexibility index (Phi) is 7.14. The Bertz CT molecular complexity index is 1330. The minimum atomic E-state index is -3.85. The van der Waals surface area contributed by atoms with E-state index in [4.69, 9.17) is 0 Å². The van der Waals surface area contributed by atoms with Gasteiger partial charge in [-0.2, -0.15) is 4.31 Å². The van der Waals surface area contributed by atoms with E-state index in [0.29, 0.717) is 18.6 Å². The third kappa shape index (κ3) is 5.04. The van der Waals surface area contributed by atoms with E-state index in [1.807, 2.05) is 6.92 Å². The Morgan fingerprint density at radius 1 is 1.09 bits per heavy atom. The summed E-state index contributed by atoms with van der Waals surface area (Å²) in [7, 11) is -2.40. The lowest BCUT2D eigenvalue weighted by Gasteiger charge is -2.37. The van der Waals surface area contributed by atoms with Gasteiger partial charge in [0.05, 0.1) is 23.0 Å². The van der Waals surface area contributed by atoms with Gasteiger partial charge in [0, 0.05) is 38.9 Å². The summed E-state index contributed by atoms with van der Waals surface area (Å²) in [4.78, 5) is 17.1. The van der Waals surface area contributed by atoms with Crippen LogP contribution in [0.1, 0.15) is 37.4 Å². The summed E-state index contributed by atoms with van der Waals surface area (Å²) < 4.78 is 29.3. The number of anilines is 1. The van der Waals surface area contributed by atoms with E-state index in [0.717, 1.165) is 29.3 Å². The van der Waals surface area contributed by atoms with Crippen molar-refractivity contribution in [3.8, 4) is 0 Å². The maximum atomic E-state index is 13.2. The molecule has 0 N–H and O–H groups in total. The van der Waals surface area contributed by atoms with Gasteiger partial charge in [0.2, 0.25) is 15.9 Å². The van der Waals surface area contributed by atoms with E-state index in [1.54, 1.807) is 21.7 Å². The highest BCUT2D eigenvalue weighted by Gasteiger charge is 2.28. The minimum absolute atomic E-state index is 0.108. The number of rotatable bonds is 7. The molecule has 1 aromatic heterocycles. The SMILES string of the molecule is CC[C@@H](C)n1nnc2cc(S(=O)(=O)N(C)CC(=O)N3CCN(c4cc(C)ccc4C)CC3)ccc21. The van der Waals surface area contributed by atoms with Crippen LogP contribution in [0.25, 0.3) is 11.0 Å². The number of amides is 1. The van der Waals surface area contributed by atoms with Crippen molar-refractivity contribution in [2.45, 2.75) is 45.1 Å². The highest BCUT2D eigenvalue weighted by atomic mass is 32.2. The lowest BCUT2D eigenvalue weighted by atomic mass is 10.1. The fraction of sp³-hybridized carbons (Fsp3) is 0.480. The van der Waals surface area contributed by atoms with Crippen molar-refractivity contribution in [1.82, 2.24) is 24.2 Å². The molecule has 1 amide bonds. The van der Waals surface area contributed by atoms with Crippen molar-refractivity contribution in [3.63, 3.8) is 0 Å². The van der Waals surface area contributed by atoms with Crippen LogP contribution in [-0.2, 0) is 14.8 Å². The fourth-order valence-corrected chi connectivity index (χ4v) is 5.53. The maximum absolute atomic E-state index is 13.2. The molecule has 0 bridgehead atoms. The molecular weight excluding hydrogens is 464 g/mol. The molecule has 1 fully saturated rings. The number of carbonyl (C=O) groups excluding carboxylic acids is 1. The van der Waals surface area contributed by atoms with Crippen LogP contribution in [0.3, 0.4) is 0 Å². The van der Waals surface area contributed by atoms with Gasteiger partial charge in [0.1, 0.15) is 5.52 Å². The lowest BCUT2D eigenvalue weighted by molar-refractivity contribution is -0.131. The van der Waals surface area contributed by atoms with Crippen LogP contribution in [0.2, 0.25) is 0 Å². The van der Waals surface area contributed by atoms with Crippen molar-refractivity contribution in [1.29, 1.82) is 0 Å². The van der Waals surface area contributed by atoms with E-state index < -0.39 is 10.0 Å². The maximum Gasteiger partial charge on any atom is 0.243 e. The molecule has 3 aromatic rings. The van der Waals surface area contributed by atoms with E-state index >= 15 is 0 Å². The molecule has 35 heavy (non-hydrogen) atoms. The number of likely N-dealkylation sites (N-methyl/N-ethyl adjacent to an activating group) is 1. The number of aromatic nitrogens is 3. The van der Waals surface area contributed by atoms with Crippen LogP contribution in [0.4, 0.5) is 5.69 Å². The first-order valence-corrected chi connectivity index (χ1v) is 13.5. The minimum Gasteiger partial charge on any atom is -0.368 e. The molecular formula is C25H34N6O3S. The number of sulfonamides is 1. The van der Waals surface area contributed by atoms with E-state index in [9.17, 15) is 13.2 Å². The molecule has 1 saturated heterocycles. The zero-order valence-corrected chi connectivity index (χ0v) is 21.9. The number of carbonyl (C=O) groups is 1. The van der Waals surface area contributed by atoms with Gasteiger partial charge in [-0.3, -0.25) is 4.79 Å². The van der Waals surface area contributed by atoms with Crippen LogP contribution in [0, 0.1) is 13.8 Å². The largest absolute Gasteiger partial charge is 0.368 e. The van der Waals surface area contributed by atoms with Crippen LogP contribution >= 0.6 is 0 Å². The zero-order chi connectivity index (χ0) is 25.3. The van der Waals surface area contributed by atoms with E-state index in [1.165, 1.54) is 29.9 Å². The van der Waals surface area contributed by atoms with Crippen LogP contribution in [0.15, 0.2) is 41.3 Å². The average Bonchev–Trinajstić information content (AvgIpc) is 3.28. The smallest absolute Gasteiger partial charge is 0.243 e. The number of piperazine rings is 1. The molecule has 0 saturated carbocycles. The lowest BCUT2D eigenvalue weighted by Crippen LogP contribution is -2.51. The summed E-state index contributed by atoms with van der Waals surface area (Å²) in [5, 5.41) is 8.32. The average molecular weight is 499 g/mol. The Labute approximate surface area is 207 Å². The summed E-state index contributed by atoms with van der Waals surface area (Å²) in [6.45, 7) is 10.6. The summed E-state index contributed by atoms with van der Waals surface area (Å²) in [6, 6.07) is 11.4. The second-order valence-corrected chi connectivity index (χ2v) is 11.4. The topological polar surface area (TPSA) is 91.6 Å². The highest BCUT2D eigenvalue weighted by molar-refractivity contribution is 7.89. The van der Waals surface area contributed by atoms with Crippen molar-refractivity contribution in [2.24, 2.45) is 0 Å². The second kappa shape index (κ2) is 9.94. The third-order valence-electron chi connectivity index (χ3n) is 6.85. The fourth-order valence-electron chi connectivity index (χ4n) is 4.39. The Hall–Kier alpha value is -2.98. The molecule has 10 heteroatoms. The zero-order valence-electron chi connectivity index (χ0n) is 21.1. The van der Waals surface area contributed by atoms with Gasteiger partial charge in [-0.25, -0.2) is 13.1 Å². The van der Waals surface area contributed by atoms with Gasteiger partial charge in [-0.15, -0.1) is 5.10 Å². The summed E-state index contributed by atoms with van der Waals surface area (Å²) in [5.41, 5.74) is 4.92. The summed E-state index contributed by atoms with van der Waals surface area (Å²) in [6.07, 6.45) is 0.891. The molecule has 188 valence electrons. The normalized spacial score (nSPS) is 15.7. The predicted molar refractivity (Wildman–Crippen MR) is 137 cm³/mol. The quantitative estimate of drug-likeness (QED) is 0.497. The monoisotopic (exact) mass is 498 g/mol. The number of hydrogen-bond acceptors (Lipinski definition) is 6. The van der Waals surface area contributed by atoms with Gasteiger partial charge in [0.25, 0.3) is 0 Å².